The predicted octanol–water partition coefficient (Wildman–Crippen LogP) is 4.28. The van der Waals surface area contributed by atoms with Gasteiger partial charge in [-0.3, -0.25) is 4.98 Å². The van der Waals surface area contributed by atoms with Crippen molar-refractivity contribution in [3.05, 3.63) is 95.3 Å². The molecule has 3 aromatic rings. The summed E-state index contributed by atoms with van der Waals surface area (Å²) in [6.45, 7) is 2.83. The van der Waals surface area contributed by atoms with Gasteiger partial charge < -0.3 is 10.1 Å². The maximum absolute atomic E-state index is 5.33. The summed E-state index contributed by atoms with van der Waals surface area (Å²) in [4.78, 5) is 4.53. The SMILES string of the molecule is COc1ccc(CNC(c2ccccc2)c2ccccn2)cc1C. The van der Waals surface area contributed by atoms with E-state index in [1.54, 1.807) is 7.11 Å². The Hall–Kier alpha value is -2.65. The van der Waals surface area contributed by atoms with E-state index in [1.807, 2.05) is 30.5 Å². The highest BCUT2D eigenvalue weighted by atomic mass is 16.5. The Morgan fingerprint density at radius 2 is 1.79 bits per heavy atom. The van der Waals surface area contributed by atoms with Crippen molar-refractivity contribution >= 4 is 0 Å². The fraction of sp³-hybridized carbons (Fsp3) is 0.190. The number of aromatic nitrogens is 1. The number of hydrogen-bond donors (Lipinski definition) is 1. The zero-order valence-corrected chi connectivity index (χ0v) is 14.1. The van der Waals surface area contributed by atoms with Gasteiger partial charge in [-0.15, -0.1) is 0 Å². The number of nitrogens with zero attached hydrogens (tertiary/aromatic N) is 1. The van der Waals surface area contributed by atoms with E-state index >= 15 is 0 Å². The number of methoxy groups -OCH3 is 1. The third-order valence-corrected chi connectivity index (χ3v) is 4.09. The fourth-order valence-corrected chi connectivity index (χ4v) is 2.86. The minimum Gasteiger partial charge on any atom is -0.496 e. The Bertz CT molecular complexity index is 733. The smallest absolute Gasteiger partial charge is 0.121 e. The first-order chi connectivity index (χ1) is 11.8. The number of nitrogens with one attached hydrogen (secondary N) is 1. The van der Waals surface area contributed by atoms with Crippen molar-refractivity contribution in [2.75, 3.05) is 7.11 Å². The van der Waals surface area contributed by atoms with Crippen molar-refractivity contribution in [3.63, 3.8) is 0 Å². The predicted molar refractivity (Wildman–Crippen MR) is 97.1 cm³/mol. The number of pyridine rings is 1. The second-order valence-corrected chi connectivity index (χ2v) is 5.78. The number of hydrogen-bond acceptors (Lipinski definition) is 3. The van der Waals surface area contributed by atoms with Crippen LogP contribution in [-0.2, 0) is 6.54 Å². The molecule has 0 bridgehead atoms. The summed E-state index contributed by atoms with van der Waals surface area (Å²) in [6, 6.07) is 22.8. The summed E-state index contributed by atoms with van der Waals surface area (Å²) in [6.07, 6.45) is 1.84. The summed E-state index contributed by atoms with van der Waals surface area (Å²) in [5.74, 6) is 0.920. The Balaban J connectivity index is 1.81. The molecule has 3 nitrogen and oxygen atoms in total. The van der Waals surface area contributed by atoms with Crippen LogP contribution in [0.5, 0.6) is 5.75 Å². The van der Waals surface area contributed by atoms with Crippen LogP contribution in [0.3, 0.4) is 0 Å². The van der Waals surface area contributed by atoms with Crippen LogP contribution in [0.1, 0.15) is 28.4 Å². The molecular weight excluding hydrogens is 296 g/mol. The zero-order chi connectivity index (χ0) is 16.8. The highest BCUT2D eigenvalue weighted by Crippen LogP contribution is 2.22. The molecule has 1 aromatic heterocycles. The van der Waals surface area contributed by atoms with Crippen molar-refractivity contribution in [1.82, 2.24) is 10.3 Å². The summed E-state index contributed by atoms with van der Waals surface area (Å²) in [5.41, 5.74) is 4.60. The van der Waals surface area contributed by atoms with Gasteiger partial charge in [0, 0.05) is 12.7 Å². The number of aryl methyl sites for hydroxylation is 1. The standard InChI is InChI=1S/C21H22N2O/c1-16-14-17(11-12-20(16)24-2)15-23-21(18-8-4-3-5-9-18)19-10-6-7-13-22-19/h3-14,21,23H,15H2,1-2H3. The third-order valence-electron chi connectivity index (χ3n) is 4.09. The first kappa shape index (κ1) is 16.2. The van der Waals surface area contributed by atoms with E-state index in [9.17, 15) is 0 Å². The quantitative estimate of drug-likeness (QED) is 0.736. The van der Waals surface area contributed by atoms with Crippen LogP contribution in [0, 0.1) is 6.92 Å². The lowest BCUT2D eigenvalue weighted by molar-refractivity contribution is 0.411. The van der Waals surface area contributed by atoms with Crippen LogP contribution in [0.2, 0.25) is 0 Å². The van der Waals surface area contributed by atoms with Gasteiger partial charge in [0.2, 0.25) is 0 Å². The second-order valence-electron chi connectivity index (χ2n) is 5.78. The molecule has 0 amide bonds. The summed E-state index contributed by atoms with van der Waals surface area (Å²) >= 11 is 0. The average molecular weight is 318 g/mol. The third kappa shape index (κ3) is 3.81. The Morgan fingerprint density at radius 3 is 2.46 bits per heavy atom. The molecule has 24 heavy (non-hydrogen) atoms. The zero-order valence-electron chi connectivity index (χ0n) is 14.1. The molecule has 1 unspecified atom stereocenters. The lowest BCUT2D eigenvalue weighted by atomic mass is 10.0. The van der Waals surface area contributed by atoms with E-state index in [1.165, 1.54) is 11.1 Å². The Morgan fingerprint density at radius 1 is 1.00 bits per heavy atom. The van der Waals surface area contributed by atoms with Gasteiger partial charge in [0.25, 0.3) is 0 Å². The minimum absolute atomic E-state index is 0.0646. The largest absolute Gasteiger partial charge is 0.496 e. The minimum atomic E-state index is 0.0646. The maximum Gasteiger partial charge on any atom is 0.121 e. The van der Waals surface area contributed by atoms with Crippen LogP contribution in [0.25, 0.3) is 0 Å². The number of benzene rings is 2. The lowest BCUT2D eigenvalue weighted by Crippen LogP contribution is -2.23. The van der Waals surface area contributed by atoms with Gasteiger partial charge in [0.05, 0.1) is 18.8 Å². The second kappa shape index (κ2) is 7.75. The molecule has 0 saturated heterocycles. The molecule has 122 valence electrons. The van der Waals surface area contributed by atoms with Gasteiger partial charge in [-0.25, -0.2) is 0 Å². The van der Waals surface area contributed by atoms with Crippen LogP contribution >= 0.6 is 0 Å². The normalized spacial score (nSPS) is 11.9. The fourth-order valence-electron chi connectivity index (χ4n) is 2.86. The first-order valence-electron chi connectivity index (χ1n) is 8.10. The van der Waals surface area contributed by atoms with E-state index in [0.29, 0.717) is 0 Å². The van der Waals surface area contributed by atoms with Gasteiger partial charge in [-0.1, -0.05) is 48.5 Å². The molecule has 1 heterocycles. The van der Waals surface area contributed by atoms with E-state index in [0.717, 1.165) is 23.6 Å². The summed E-state index contributed by atoms with van der Waals surface area (Å²) in [5, 5.41) is 3.63. The number of ether oxygens (including phenoxy) is 1. The van der Waals surface area contributed by atoms with Crippen LogP contribution < -0.4 is 10.1 Å². The molecule has 3 rings (SSSR count). The Kier molecular flexibility index (Phi) is 5.24. The maximum atomic E-state index is 5.33. The molecule has 0 aliphatic carbocycles. The van der Waals surface area contributed by atoms with Crippen molar-refractivity contribution < 1.29 is 4.74 Å². The van der Waals surface area contributed by atoms with Crippen LogP contribution in [0.15, 0.2) is 72.9 Å². The Labute approximate surface area is 143 Å². The highest BCUT2D eigenvalue weighted by Gasteiger charge is 2.14. The highest BCUT2D eigenvalue weighted by molar-refractivity contribution is 5.36. The van der Waals surface area contributed by atoms with Gasteiger partial charge in [0.1, 0.15) is 5.75 Å². The average Bonchev–Trinajstić information content (AvgIpc) is 2.64. The molecule has 0 aliphatic heterocycles. The van der Waals surface area contributed by atoms with E-state index < -0.39 is 0 Å². The summed E-state index contributed by atoms with van der Waals surface area (Å²) < 4.78 is 5.33. The number of rotatable bonds is 6. The molecule has 0 radical (unpaired) electrons. The monoisotopic (exact) mass is 318 g/mol. The van der Waals surface area contributed by atoms with Crippen LogP contribution in [0.4, 0.5) is 0 Å². The van der Waals surface area contributed by atoms with E-state index in [2.05, 4.69) is 59.7 Å². The van der Waals surface area contributed by atoms with Crippen molar-refractivity contribution in [3.8, 4) is 5.75 Å². The van der Waals surface area contributed by atoms with Crippen molar-refractivity contribution in [2.24, 2.45) is 0 Å². The topological polar surface area (TPSA) is 34.1 Å². The molecule has 1 atom stereocenters. The molecule has 2 aromatic carbocycles. The molecular formula is C21H22N2O. The van der Waals surface area contributed by atoms with Crippen molar-refractivity contribution in [1.29, 1.82) is 0 Å². The van der Waals surface area contributed by atoms with E-state index in [-0.39, 0.29) is 6.04 Å². The molecule has 0 aliphatic rings. The van der Waals surface area contributed by atoms with Crippen molar-refractivity contribution in [2.45, 2.75) is 19.5 Å². The summed E-state index contributed by atoms with van der Waals surface area (Å²) in [7, 11) is 1.70. The molecule has 0 spiro atoms. The van der Waals surface area contributed by atoms with E-state index in [4.69, 9.17) is 4.74 Å². The molecule has 3 heteroatoms. The van der Waals surface area contributed by atoms with Gasteiger partial charge in [0.15, 0.2) is 0 Å². The first-order valence-corrected chi connectivity index (χ1v) is 8.10. The van der Waals surface area contributed by atoms with Gasteiger partial charge >= 0.3 is 0 Å². The lowest BCUT2D eigenvalue weighted by Gasteiger charge is -2.19. The van der Waals surface area contributed by atoms with Crippen LogP contribution in [-0.4, -0.2) is 12.1 Å². The molecule has 0 fully saturated rings. The van der Waals surface area contributed by atoms with Gasteiger partial charge in [-0.05, 0) is 41.8 Å². The molecule has 1 N–H and O–H groups in total. The molecule has 0 saturated carbocycles. The van der Waals surface area contributed by atoms with Gasteiger partial charge in [-0.2, -0.15) is 0 Å².